The fourth-order valence-corrected chi connectivity index (χ4v) is 3.07. The predicted molar refractivity (Wildman–Crippen MR) is 80.7 cm³/mol. The maximum absolute atomic E-state index is 12.3. The highest BCUT2D eigenvalue weighted by atomic mass is 32.2. The van der Waals surface area contributed by atoms with Gasteiger partial charge in [-0.3, -0.25) is 4.79 Å². The van der Waals surface area contributed by atoms with Gasteiger partial charge in [-0.05, 0) is 28.1 Å². The van der Waals surface area contributed by atoms with E-state index in [0.717, 1.165) is 10.2 Å². The Bertz CT molecular complexity index is 783. The van der Waals surface area contributed by atoms with Crippen LogP contribution in [0.15, 0.2) is 29.4 Å². The highest BCUT2D eigenvalue weighted by Crippen LogP contribution is 2.14. The molecule has 0 spiro atoms. The van der Waals surface area contributed by atoms with E-state index in [0.29, 0.717) is 5.75 Å². The first-order valence-corrected chi connectivity index (χ1v) is 8.30. The fourth-order valence-electron chi connectivity index (χ4n) is 1.78. The minimum atomic E-state index is -3.91. The van der Waals surface area contributed by atoms with Crippen LogP contribution < -0.4 is 4.74 Å². The Kier molecular flexibility index (Phi) is 4.94. The van der Waals surface area contributed by atoms with E-state index >= 15 is 0 Å². The quantitative estimate of drug-likeness (QED) is 0.704. The van der Waals surface area contributed by atoms with Crippen LogP contribution in [0.25, 0.3) is 0 Å². The molecule has 0 saturated heterocycles. The summed E-state index contributed by atoms with van der Waals surface area (Å²) >= 11 is 0. The normalized spacial score (nSPS) is 11.3. The number of carbonyl (C=O) groups excluding carboxylic acids is 1. The second kappa shape index (κ2) is 6.73. The van der Waals surface area contributed by atoms with Crippen molar-refractivity contribution in [2.45, 2.75) is 11.7 Å². The number of hydrogen-bond donors (Lipinski definition) is 0. The van der Waals surface area contributed by atoms with Gasteiger partial charge < -0.3 is 9.64 Å². The molecule has 1 aromatic heterocycles. The van der Waals surface area contributed by atoms with Crippen LogP contribution in [0, 0.1) is 0 Å². The number of methoxy groups -OCH3 is 1. The molecule has 9 nitrogen and oxygen atoms in total. The van der Waals surface area contributed by atoms with Gasteiger partial charge in [0, 0.05) is 14.1 Å². The molecule has 0 atom stereocenters. The first-order chi connectivity index (χ1) is 10.8. The molecule has 0 saturated carbocycles. The highest BCUT2D eigenvalue weighted by molar-refractivity contribution is 7.91. The number of nitrogens with zero attached hydrogens (tertiary/aromatic N) is 5. The molecular formula is C13H17N5O4S. The molecule has 1 amide bonds. The zero-order chi connectivity index (χ0) is 17.0. The molecule has 0 bridgehead atoms. The molecule has 23 heavy (non-hydrogen) atoms. The summed E-state index contributed by atoms with van der Waals surface area (Å²) in [6.07, 6.45) is 0. The Balaban J connectivity index is 2.23. The molecular weight excluding hydrogens is 322 g/mol. The van der Waals surface area contributed by atoms with Crippen molar-refractivity contribution in [3.8, 4) is 5.75 Å². The summed E-state index contributed by atoms with van der Waals surface area (Å²) in [5.74, 6) is -0.526. The summed E-state index contributed by atoms with van der Waals surface area (Å²) in [7, 11) is 0.613. The SMILES string of the molecule is COc1ccc(Cn2nnnc2S(=O)(=O)CC(=O)N(C)C)cc1. The molecule has 1 aromatic carbocycles. The van der Waals surface area contributed by atoms with Crippen LogP contribution in [-0.4, -0.2) is 66.4 Å². The lowest BCUT2D eigenvalue weighted by atomic mass is 10.2. The van der Waals surface area contributed by atoms with Gasteiger partial charge in [0.1, 0.15) is 11.5 Å². The first kappa shape index (κ1) is 16.9. The van der Waals surface area contributed by atoms with Gasteiger partial charge >= 0.3 is 0 Å². The predicted octanol–water partition coefficient (Wildman–Crippen LogP) is -0.408. The number of sulfone groups is 1. The lowest BCUT2D eigenvalue weighted by Gasteiger charge is -2.10. The van der Waals surface area contributed by atoms with Crippen molar-refractivity contribution in [1.29, 1.82) is 0 Å². The summed E-state index contributed by atoms with van der Waals surface area (Å²) in [4.78, 5) is 12.9. The van der Waals surface area contributed by atoms with Gasteiger partial charge in [0.2, 0.25) is 15.7 Å². The molecule has 0 unspecified atom stereocenters. The van der Waals surface area contributed by atoms with E-state index in [1.54, 1.807) is 31.4 Å². The van der Waals surface area contributed by atoms with Gasteiger partial charge in [-0.25, -0.2) is 13.1 Å². The van der Waals surface area contributed by atoms with Gasteiger partial charge in [0.15, 0.2) is 0 Å². The number of benzene rings is 1. The highest BCUT2D eigenvalue weighted by Gasteiger charge is 2.27. The summed E-state index contributed by atoms with van der Waals surface area (Å²) < 4.78 is 30.8. The van der Waals surface area contributed by atoms with Gasteiger partial charge in [-0.15, -0.1) is 0 Å². The van der Waals surface area contributed by atoms with Crippen LogP contribution in [0.5, 0.6) is 5.75 Å². The lowest BCUT2D eigenvalue weighted by Crippen LogP contribution is -2.30. The van der Waals surface area contributed by atoms with E-state index in [1.165, 1.54) is 19.0 Å². The van der Waals surface area contributed by atoms with E-state index in [4.69, 9.17) is 4.74 Å². The minimum absolute atomic E-state index is 0.168. The average molecular weight is 339 g/mol. The number of carbonyl (C=O) groups is 1. The second-order valence-electron chi connectivity index (χ2n) is 5.01. The largest absolute Gasteiger partial charge is 0.497 e. The van der Waals surface area contributed by atoms with Crippen LogP contribution >= 0.6 is 0 Å². The number of aromatic nitrogens is 4. The van der Waals surface area contributed by atoms with Gasteiger partial charge in [-0.1, -0.05) is 17.2 Å². The van der Waals surface area contributed by atoms with Crippen molar-refractivity contribution in [2.75, 3.05) is 27.0 Å². The number of rotatable bonds is 6. The standard InChI is InChI=1S/C13H17N5O4S/c1-17(2)12(19)9-23(20,21)13-14-15-16-18(13)8-10-4-6-11(22-3)7-5-10/h4-7H,8-9H2,1-3H3. The molecule has 0 aliphatic heterocycles. The minimum Gasteiger partial charge on any atom is -0.497 e. The Labute approximate surface area is 133 Å². The second-order valence-corrected chi connectivity index (χ2v) is 6.90. The smallest absolute Gasteiger partial charge is 0.268 e. The third kappa shape index (κ3) is 4.03. The van der Waals surface area contributed by atoms with Crippen LogP contribution in [0.2, 0.25) is 0 Å². The molecule has 0 fully saturated rings. The monoisotopic (exact) mass is 339 g/mol. The fraction of sp³-hybridized carbons (Fsp3) is 0.385. The number of ether oxygens (including phenoxy) is 1. The Morgan fingerprint density at radius 1 is 1.26 bits per heavy atom. The maximum atomic E-state index is 12.3. The topological polar surface area (TPSA) is 107 Å². The van der Waals surface area contributed by atoms with E-state index < -0.39 is 21.5 Å². The van der Waals surface area contributed by atoms with Crippen molar-refractivity contribution >= 4 is 15.7 Å². The van der Waals surface area contributed by atoms with E-state index in [-0.39, 0.29) is 11.7 Å². The van der Waals surface area contributed by atoms with E-state index in [1.807, 2.05) is 0 Å². The first-order valence-electron chi connectivity index (χ1n) is 6.65. The van der Waals surface area contributed by atoms with E-state index in [9.17, 15) is 13.2 Å². The van der Waals surface area contributed by atoms with Crippen molar-refractivity contribution in [3.05, 3.63) is 29.8 Å². The van der Waals surface area contributed by atoms with Crippen LogP contribution in [0.1, 0.15) is 5.56 Å². The molecule has 0 radical (unpaired) electrons. The van der Waals surface area contributed by atoms with Crippen LogP contribution in [0.4, 0.5) is 0 Å². The van der Waals surface area contributed by atoms with Crippen LogP contribution in [0.3, 0.4) is 0 Å². The zero-order valence-corrected chi connectivity index (χ0v) is 13.8. The third-order valence-electron chi connectivity index (χ3n) is 3.08. The summed E-state index contributed by atoms with van der Waals surface area (Å²) in [5.41, 5.74) is 0.800. The molecule has 2 aromatic rings. The molecule has 10 heteroatoms. The third-order valence-corrected chi connectivity index (χ3v) is 4.56. The van der Waals surface area contributed by atoms with Gasteiger partial charge in [0.05, 0.1) is 13.7 Å². The van der Waals surface area contributed by atoms with Crippen molar-refractivity contribution < 1.29 is 17.9 Å². The molecule has 2 rings (SSSR count). The average Bonchev–Trinajstić information content (AvgIpc) is 2.96. The van der Waals surface area contributed by atoms with Gasteiger partial charge in [0.25, 0.3) is 5.16 Å². The maximum Gasteiger partial charge on any atom is 0.268 e. The molecule has 1 heterocycles. The number of tetrazole rings is 1. The summed E-state index contributed by atoms with van der Waals surface area (Å²) in [6, 6.07) is 7.07. The Hall–Kier alpha value is -2.49. The molecule has 124 valence electrons. The van der Waals surface area contributed by atoms with Crippen LogP contribution in [-0.2, 0) is 21.2 Å². The van der Waals surface area contributed by atoms with Gasteiger partial charge in [-0.2, -0.15) is 0 Å². The number of hydrogen-bond acceptors (Lipinski definition) is 7. The lowest BCUT2D eigenvalue weighted by molar-refractivity contribution is -0.125. The number of amides is 1. The molecule has 0 aliphatic carbocycles. The van der Waals surface area contributed by atoms with Crippen molar-refractivity contribution in [2.24, 2.45) is 0 Å². The summed E-state index contributed by atoms with van der Waals surface area (Å²) in [5, 5.41) is 10.3. The Morgan fingerprint density at radius 2 is 1.91 bits per heavy atom. The van der Waals surface area contributed by atoms with Crippen molar-refractivity contribution in [1.82, 2.24) is 25.1 Å². The molecule has 0 N–H and O–H groups in total. The Morgan fingerprint density at radius 3 is 2.48 bits per heavy atom. The molecule has 0 aliphatic rings. The zero-order valence-electron chi connectivity index (χ0n) is 13.0. The summed E-state index contributed by atoms with van der Waals surface area (Å²) in [6.45, 7) is 0.168. The van der Waals surface area contributed by atoms with E-state index in [2.05, 4.69) is 15.5 Å². The van der Waals surface area contributed by atoms with Crippen molar-refractivity contribution in [3.63, 3.8) is 0 Å².